The summed E-state index contributed by atoms with van der Waals surface area (Å²) in [7, 11) is 0. The number of nitrogens with one attached hydrogen (secondary N) is 1. The van der Waals surface area contributed by atoms with E-state index in [0.717, 1.165) is 57.9 Å². The Morgan fingerprint density at radius 2 is 1.85 bits per heavy atom. The van der Waals surface area contributed by atoms with Gasteiger partial charge in [-0.15, -0.1) is 0 Å². The molecule has 1 N–H and O–H groups in total. The lowest BCUT2D eigenvalue weighted by Crippen LogP contribution is -2.63. The second-order valence-corrected chi connectivity index (χ2v) is 8.84. The van der Waals surface area contributed by atoms with Gasteiger partial charge in [-0.1, -0.05) is 30.1 Å². The summed E-state index contributed by atoms with van der Waals surface area (Å²) in [6.45, 7) is 12.4. The standard InChI is InChI=1S/C20H30Cl2N4O/c1-4-20(2,3)26-8-7-23-18(14-26)19(27)25-11-9-24(10-12-25)15-5-6-16(21)17(22)13-15/h5-6,13,18,23H,4,7-12,14H2,1-3H3. The molecule has 2 heterocycles. The quantitative estimate of drug-likeness (QED) is 0.824. The zero-order valence-corrected chi connectivity index (χ0v) is 18.0. The van der Waals surface area contributed by atoms with Crippen LogP contribution in [0.25, 0.3) is 0 Å². The van der Waals surface area contributed by atoms with E-state index in [2.05, 4.69) is 35.9 Å². The van der Waals surface area contributed by atoms with Crippen molar-refractivity contribution in [2.75, 3.05) is 50.7 Å². The molecule has 7 heteroatoms. The van der Waals surface area contributed by atoms with Crippen LogP contribution in [0.3, 0.4) is 0 Å². The van der Waals surface area contributed by atoms with Gasteiger partial charge >= 0.3 is 0 Å². The average Bonchev–Trinajstić information content (AvgIpc) is 2.70. The summed E-state index contributed by atoms with van der Waals surface area (Å²) in [5.41, 5.74) is 1.19. The van der Waals surface area contributed by atoms with Crippen molar-refractivity contribution in [1.82, 2.24) is 15.1 Å². The summed E-state index contributed by atoms with van der Waals surface area (Å²) in [6.07, 6.45) is 1.08. The molecule has 2 aliphatic heterocycles. The van der Waals surface area contributed by atoms with Crippen molar-refractivity contribution in [3.05, 3.63) is 28.2 Å². The highest BCUT2D eigenvalue weighted by Gasteiger charge is 2.35. The van der Waals surface area contributed by atoms with Crippen molar-refractivity contribution in [2.45, 2.75) is 38.8 Å². The molecular weight excluding hydrogens is 383 g/mol. The minimum atomic E-state index is -0.110. The molecule has 2 saturated heterocycles. The third-order valence-electron chi connectivity index (χ3n) is 6.05. The number of amides is 1. The maximum Gasteiger partial charge on any atom is 0.241 e. The number of carbonyl (C=O) groups is 1. The average molecular weight is 413 g/mol. The number of halogens is 2. The Bertz CT molecular complexity index is 674. The number of benzene rings is 1. The van der Waals surface area contributed by atoms with E-state index < -0.39 is 0 Å². The zero-order chi connectivity index (χ0) is 19.6. The van der Waals surface area contributed by atoms with Crippen molar-refractivity contribution in [2.24, 2.45) is 0 Å². The van der Waals surface area contributed by atoms with Gasteiger partial charge in [0.05, 0.1) is 16.1 Å². The maximum atomic E-state index is 13.0. The van der Waals surface area contributed by atoms with Gasteiger partial charge in [0, 0.05) is 57.0 Å². The van der Waals surface area contributed by atoms with E-state index in [1.165, 1.54) is 0 Å². The molecule has 1 aromatic carbocycles. The van der Waals surface area contributed by atoms with E-state index in [0.29, 0.717) is 10.0 Å². The van der Waals surface area contributed by atoms with Crippen LogP contribution in [-0.2, 0) is 4.79 Å². The molecule has 0 bridgehead atoms. The number of carbonyl (C=O) groups excluding carboxylic acids is 1. The largest absolute Gasteiger partial charge is 0.368 e. The third-order valence-corrected chi connectivity index (χ3v) is 6.79. The minimum absolute atomic E-state index is 0.110. The van der Waals surface area contributed by atoms with Crippen LogP contribution in [-0.4, -0.2) is 73.1 Å². The summed E-state index contributed by atoms with van der Waals surface area (Å²) < 4.78 is 0. The molecule has 27 heavy (non-hydrogen) atoms. The highest BCUT2D eigenvalue weighted by Crippen LogP contribution is 2.28. The first-order valence-corrected chi connectivity index (χ1v) is 10.5. The minimum Gasteiger partial charge on any atom is -0.368 e. The van der Waals surface area contributed by atoms with Gasteiger partial charge in [0.1, 0.15) is 0 Å². The van der Waals surface area contributed by atoms with Gasteiger partial charge in [-0.3, -0.25) is 9.69 Å². The predicted octanol–water partition coefficient (Wildman–Crippen LogP) is 3.10. The fourth-order valence-corrected chi connectivity index (χ4v) is 4.07. The molecule has 2 aliphatic rings. The van der Waals surface area contributed by atoms with Gasteiger partial charge in [0.15, 0.2) is 0 Å². The van der Waals surface area contributed by atoms with E-state index in [1.807, 2.05) is 23.1 Å². The number of hydrogen-bond acceptors (Lipinski definition) is 4. The van der Waals surface area contributed by atoms with Crippen LogP contribution in [0.2, 0.25) is 10.0 Å². The Labute approximate surface area is 172 Å². The summed E-state index contributed by atoms with van der Waals surface area (Å²) in [4.78, 5) is 19.7. The first-order chi connectivity index (χ1) is 12.8. The third kappa shape index (κ3) is 4.70. The highest BCUT2D eigenvalue weighted by atomic mass is 35.5. The van der Waals surface area contributed by atoms with Gasteiger partial charge in [-0.2, -0.15) is 0 Å². The second-order valence-electron chi connectivity index (χ2n) is 8.03. The van der Waals surface area contributed by atoms with E-state index in [1.54, 1.807) is 0 Å². The number of nitrogens with zero attached hydrogens (tertiary/aromatic N) is 3. The lowest BCUT2D eigenvalue weighted by Gasteiger charge is -2.45. The Morgan fingerprint density at radius 3 is 2.48 bits per heavy atom. The summed E-state index contributed by atoms with van der Waals surface area (Å²) in [6, 6.07) is 5.60. The number of piperazine rings is 2. The van der Waals surface area contributed by atoms with E-state index in [4.69, 9.17) is 23.2 Å². The van der Waals surface area contributed by atoms with E-state index >= 15 is 0 Å². The Balaban J connectivity index is 1.57. The van der Waals surface area contributed by atoms with Gasteiger partial charge in [0.25, 0.3) is 0 Å². The zero-order valence-electron chi connectivity index (χ0n) is 16.5. The van der Waals surface area contributed by atoms with Crippen LogP contribution >= 0.6 is 23.2 Å². The summed E-state index contributed by atoms with van der Waals surface area (Å²) in [5.74, 6) is 0.223. The predicted molar refractivity (Wildman–Crippen MR) is 113 cm³/mol. The second kappa shape index (κ2) is 8.56. The Morgan fingerprint density at radius 1 is 1.15 bits per heavy atom. The van der Waals surface area contributed by atoms with E-state index in [9.17, 15) is 4.79 Å². The summed E-state index contributed by atoms with van der Waals surface area (Å²) in [5, 5.41) is 4.55. The molecule has 0 spiro atoms. The normalized spacial score (nSPS) is 22.2. The number of rotatable bonds is 4. The Hall–Kier alpha value is -1.01. The molecular formula is C20H30Cl2N4O. The molecule has 1 atom stereocenters. The van der Waals surface area contributed by atoms with Crippen molar-refractivity contribution in [3.8, 4) is 0 Å². The van der Waals surface area contributed by atoms with Crippen LogP contribution in [0, 0.1) is 0 Å². The van der Waals surface area contributed by atoms with Crippen molar-refractivity contribution in [1.29, 1.82) is 0 Å². The molecule has 150 valence electrons. The Kier molecular flexibility index (Phi) is 6.57. The van der Waals surface area contributed by atoms with Crippen LogP contribution in [0.4, 0.5) is 5.69 Å². The van der Waals surface area contributed by atoms with Crippen LogP contribution in [0.15, 0.2) is 18.2 Å². The van der Waals surface area contributed by atoms with Gasteiger partial charge in [0.2, 0.25) is 5.91 Å². The monoisotopic (exact) mass is 412 g/mol. The van der Waals surface area contributed by atoms with Gasteiger partial charge < -0.3 is 15.1 Å². The molecule has 3 rings (SSSR count). The number of anilines is 1. The first kappa shape index (κ1) is 20.7. The molecule has 0 aliphatic carbocycles. The fraction of sp³-hybridized carbons (Fsp3) is 0.650. The molecule has 0 radical (unpaired) electrons. The van der Waals surface area contributed by atoms with Crippen molar-refractivity contribution < 1.29 is 4.79 Å². The summed E-state index contributed by atoms with van der Waals surface area (Å²) >= 11 is 12.2. The van der Waals surface area contributed by atoms with Gasteiger partial charge in [-0.25, -0.2) is 0 Å². The fourth-order valence-electron chi connectivity index (χ4n) is 3.78. The molecule has 0 saturated carbocycles. The SMILES string of the molecule is CCC(C)(C)N1CCNC(C(=O)N2CCN(c3ccc(Cl)c(Cl)c3)CC2)C1. The van der Waals surface area contributed by atoms with Crippen LogP contribution in [0.1, 0.15) is 27.2 Å². The topological polar surface area (TPSA) is 38.8 Å². The maximum absolute atomic E-state index is 13.0. The smallest absolute Gasteiger partial charge is 0.241 e. The highest BCUT2D eigenvalue weighted by molar-refractivity contribution is 6.42. The van der Waals surface area contributed by atoms with Gasteiger partial charge in [-0.05, 0) is 38.5 Å². The first-order valence-electron chi connectivity index (χ1n) is 9.79. The molecule has 2 fully saturated rings. The molecule has 1 amide bonds. The van der Waals surface area contributed by atoms with Crippen LogP contribution in [0.5, 0.6) is 0 Å². The molecule has 1 unspecified atom stereocenters. The van der Waals surface area contributed by atoms with Crippen LogP contribution < -0.4 is 10.2 Å². The molecule has 1 aromatic rings. The molecule has 0 aromatic heterocycles. The lowest BCUT2D eigenvalue weighted by molar-refractivity contribution is -0.135. The van der Waals surface area contributed by atoms with Crippen molar-refractivity contribution >= 4 is 34.8 Å². The van der Waals surface area contributed by atoms with Crippen molar-refractivity contribution in [3.63, 3.8) is 0 Å². The lowest BCUT2D eigenvalue weighted by atomic mass is 9.97. The van der Waals surface area contributed by atoms with E-state index in [-0.39, 0.29) is 17.5 Å². The number of hydrogen-bond donors (Lipinski definition) is 1. The molecule has 5 nitrogen and oxygen atoms in total.